The minimum absolute atomic E-state index is 0.294. The van der Waals surface area contributed by atoms with Gasteiger partial charge in [0.15, 0.2) is 0 Å². The number of nitrogens with zero attached hydrogens (tertiary/aromatic N) is 5. The molecule has 0 radical (unpaired) electrons. The summed E-state index contributed by atoms with van der Waals surface area (Å²) in [5.74, 6) is 0.492. The first-order chi connectivity index (χ1) is 15.6. The fraction of sp³-hybridized carbons (Fsp3) is 0.381. The highest BCUT2D eigenvalue weighted by Gasteiger charge is 2.26. The molecule has 2 aromatic rings. The normalized spacial score (nSPS) is 18.1. The molecule has 0 unspecified atom stereocenters. The molecule has 0 atom stereocenters. The molecular weight excluding hydrogens is 432 g/mol. The molecule has 4 heterocycles. The van der Waals surface area contributed by atoms with E-state index in [1.807, 2.05) is 12.1 Å². The standard InChI is InChI=1S/C21H24N6O4S/c1-30-11-12-31-18-14-15(13-17-19(28)25-21(29)32-17)23-20(24-18)27-8-2-7-26(9-10-27)16-3-5-22-6-4-16/h3-6,13-14H,2,7-12H2,1H3,(H,25,28,29). The van der Waals surface area contributed by atoms with Crippen LogP contribution in [-0.2, 0) is 9.53 Å². The molecule has 0 aromatic carbocycles. The third-order valence-electron chi connectivity index (χ3n) is 4.98. The van der Waals surface area contributed by atoms with Gasteiger partial charge in [0, 0.05) is 57.4 Å². The molecule has 0 bridgehead atoms. The van der Waals surface area contributed by atoms with Crippen LogP contribution in [0.2, 0.25) is 0 Å². The van der Waals surface area contributed by atoms with E-state index in [0.29, 0.717) is 35.6 Å². The zero-order valence-corrected chi connectivity index (χ0v) is 18.5. The van der Waals surface area contributed by atoms with Gasteiger partial charge in [-0.05, 0) is 36.4 Å². The number of methoxy groups -OCH3 is 1. The predicted molar refractivity (Wildman–Crippen MR) is 122 cm³/mol. The number of hydrogen-bond donors (Lipinski definition) is 1. The summed E-state index contributed by atoms with van der Waals surface area (Å²) in [6.07, 6.45) is 6.11. The van der Waals surface area contributed by atoms with Gasteiger partial charge >= 0.3 is 0 Å². The summed E-state index contributed by atoms with van der Waals surface area (Å²) >= 11 is 0.853. The fourth-order valence-corrected chi connectivity index (χ4v) is 4.10. The molecule has 2 aromatic heterocycles. The second-order valence-corrected chi connectivity index (χ2v) is 8.17. The number of ether oxygens (including phenoxy) is 2. The lowest BCUT2D eigenvalue weighted by atomic mass is 10.3. The third kappa shape index (κ3) is 5.54. The van der Waals surface area contributed by atoms with Gasteiger partial charge in [-0.15, -0.1) is 0 Å². The lowest BCUT2D eigenvalue weighted by Gasteiger charge is -2.24. The molecule has 0 saturated carbocycles. The summed E-state index contributed by atoms with van der Waals surface area (Å²) in [6, 6.07) is 5.67. The van der Waals surface area contributed by atoms with E-state index < -0.39 is 11.1 Å². The number of anilines is 2. The number of nitrogens with one attached hydrogen (secondary N) is 1. The van der Waals surface area contributed by atoms with Gasteiger partial charge in [-0.1, -0.05) is 0 Å². The third-order valence-corrected chi connectivity index (χ3v) is 5.79. The molecule has 168 valence electrons. The first kappa shape index (κ1) is 22.0. The highest BCUT2D eigenvalue weighted by Crippen LogP contribution is 2.27. The Bertz CT molecular complexity index is 1000. The number of carbonyl (C=O) groups is 2. The van der Waals surface area contributed by atoms with Gasteiger partial charge in [-0.25, -0.2) is 4.98 Å². The Hall–Kier alpha value is -3.18. The molecule has 2 aliphatic rings. The Labute approximate surface area is 190 Å². The minimum atomic E-state index is -0.426. The van der Waals surface area contributed by atoms with E-state index in [1.54, 1.807) is 31.6 Å². The maximum absolute atomic E-state index is 12.0. The average Bonchev–Trinajstić information content (AvgIpc) is 2.98. The summed E-state index contributed by atoms with van der Waals surface area (Å²) < 4.78 is 10.8. The molecule has 1 N–H and O–H groups in total. The Kier molecular flexibility index (Phi) is 7.17. The van der Waals surface area contributed by atoms with Crippen molar-refractivity contribution in [1.29, 1.82) is 0 Å². The van der Waals surface area contributed by atoms with E-state index in [1.165, 1.54) is 0 Å². The first-order valence-corrected chi connectivity index (χ1v) is 11.1. The van der Waals surface area contributed by atoms with Crippen LogP contribution in [0.4, 0.5) is 16.4 Å². The van der Waals surface area contributed by atoms with Gasteiger partial charge in [0.1, 0.15) is 6.61 Å². The predicted octanol–water partition coefficient (Wildman–Crippen LogP) is 1.94. The Morgan fingerprint density at radius 1 is 1.09 bits per heavy atom. The lowest BCUT2D eigenvalue weighted by Crippen LogP contribution is -2.31. The van der Waals surface area contributed by atoms with Crippen LogP contribution >= 0.6 is 11.8 Å². The van der Waals surface area contributed by atoms with Crippen molar-refractivity contribution in [2.45, 2.75) is 6.42 Å². The number of amides is 2. The highest BCUT2D eigenvalue weighted by atomic mass is 32.2. The van der Waals surface area contributed by atoms with Gasteiger partial charge in [0.2, 0.25) is 11.8 Å². The molecule has 2 aliphatic heterocycles. The maximum atomic E-state index is 12.0. The van der Waals surface area contributed by atoms with Crippen LogP contribution in [0.5, 0.6) is 5.88 Å². The molecule has 2 amide bonds. The van der Waals surface area contributed by atoms with Crippen molar-refractivity contribution in [1.82, 2.24) is 20.3 Å². The zero-order valence-electron chi connectivity index (χ0n) is 17.7. The van der Waals surface area contributed by atoms with Gasteiger partial charge in [0.05, 0.1) is 17.2 Å². The monoisotopic (exact) mass is 456 g/mol. The van der Waals surface area contributed by atoms with Crippen LogP contribution in [-0.4, -0.2) is 72.6 Å². The van der Waals surface area contributed by atoms with Gasteiger partial charge in [-0.3, -0.25) is 19.9 Å². The second kappa shape index (κ2) is 10.4. The number of hydrogen-bond acceptors (Lipinski definition) is 10. The molecule has 10 nitrogen and oxygen atoms in total. The van der Waals surface area contributed by atoms with Crippen LogP contribution in [0.15, 0.2) is 35.5 Å². The molecule has 11 heteroatoms. The van der Waals surface area contributed by atoms with Crippen molar-refractivity contribution in [3.05, 3.63) is 41.2 Å². The minimum Gasteiger partial charge on any atom is -0.475 e. The Morgan fingerprint density at radius 3 is 2.62 bits per heavy atom. The number of carbonyl (C=O) groups excluding carboxylic acids is 2. The van der Waals surface area contributed by atoms with Crippen LogP contribution in [0.1, 0.15) is 12.1 Å². The van der Waals surface area contributed by atoms with Gasteiger partial charge < -0.3 is 19.3 Å². The van der Waals surface area contributed by atoms with Crippen molar-refractivity contribution in [2.24, 2.45) is 0 Å². The van der Waals surface area contributed by atoms with E-state index in [9.17, 15) is 9.59 Å². The summed E-state index contributed by atoms with van der Waals surface area (Å²) in [5, 5.41) is 1.86. The van der Waals surface area contributed by atoms with Crippen molar-refractivity contribution < 1.29 is 19.1 Å². The van der Waals surface area contributed by atoms with Crippen molar-refractivity contribution in [2.75, 3.05) is 56.3 Å². The molecule has 2 fully saturated rings. The average molecular weight is 457 g/mol. The van der Waals surface area contributed by atoms with Crippen molar-refractivity contribution in [3.63, 3.8) is 0 Å². The number of pyridine rings is 1. The van der Waals surface area contributed by atoms with E-state index in [4.69, 9.17) is 9.47 Å². The Balaban J connectivity index is 1.56. The van der Waals surface area contributed by atoms with Crippen molar-refractivity contribution >= 4 is 40.6 Å². The quantitative estimate of drug-likeness (QED) is 0.490. The van der Waals surface area contributed by atoms with Crippen LogP contribution in [0.3, 0.4) is 0 Å². The van der Waals surface area contributed by atoms with Crippen molar-refractivity contribution in [3.8, 4) is 5.88 Å². The first-order valence-electron chi connectivity index (χ1n) is 10.3. The van der Waals surface area contributed by atoms with E-state index in [0.717, 1.165) is 50.0 Å². The second-order valence-electron chi connectivity index (χ2n) is 7.16. The Morgan fingerprint density at radius 2 is 1.88 bits per heavy atom. The lowest BCUT2D eigenvalue weighted by molar-refractivity contribution is -0.115. The van der Waals surface area contributed by atoms with Crippen LogP contribution in [0.25, 0.3) is 6.08 Å². The largest absolute Gasteiger partial charge is 0.475 e. The number of rotatable bonds is 7. The molecule has 0 aliphatic carbocycles. The van der Waals surface area contributed by atoms with Crippen LogP contribution in [0, 0.1) is 0 Å². The highest BCUT2D eigenvalue weighted by molar-refractivity contribution is 8.18. The summed E-state index contributed by atoms with van der Waals surface area (Å²) in [5.41, 5.74) is 1.64. The number of aromatic nitrogens is 3. The van der Waals surface area contributed by atoms with Gasteiger partial charge in [0.25, 0.3) is 11.1 Å². The molecule has 4 rings (SSSR count). The summed E-state index contributed by atoms with van der Waals surface area (Å²) in [4.78, 5) is 41.5. The van der Waals surface area contributed by atoms with E-state index >= 15 is 0 Å². The van der Waals surface area contributed by atoms with Crippen LogP contribution < -0.4 is 19.9 Å². The molecule has 32 heavy (non-hydrogen) atoms. The van der Waals surface area contributed by atoms with Gasteiger partial charge in [-0.2, -0.15) is 4.98 Å². The van der Waals surface area contributed by atoms with E-state index in [-0.39, 0.29) is 0 Å². The molecular formula is C21H24N6O4S. The topological polar surface area (TPSA) is 110 Å². The SMILES string of the molecule is COCCOc1cc(C=C2SC(=O)NC2=O)nc(N2CCCN(c3ccncc3)CC2)n1. The van der Waals surface area contributed by atoms with E-state index in [2.05, 4.69) is 30.1 Å². The molecule has 2 saturated heterocycles. The number of thioether (sulfide) groups is 1. The summed E-state index contributed by atoms with van der Waals surface area (Å²) in [6.45, 7) is 4.01. The fourth-order valence-electron chi connectivity index (χ4n) is 3.43. The smallest absolute Gasteiger partial charge is 0.290 e. The number of imide groups is 1. The maximum Gasteiger partial charge on any atom is 0.290 e. The zero-order chi connectivity index (χ0) is 22.3. The summed E-state index contributed by atoms with van der Waals surface area (Å²) in [7, 11) is 1.60. The molecule has 0 spiro atoms.